The second kappa shape index (κ2) is 10.7. The third-order valence-electron chi connectivity index (χ3n) is 5.12. The number of nitrogens with zero attached hydrogens (tertiary/aromatic N) is 3. The molecule has 3 rings (SSSR count). The lowest BCUT2D eigenvalue weighted by Crippen LogP contribution is -2.48. The van der Waals surface area contributed by atoms with Crippen molar-refractivity contribution >= 4 is 11.8 Å². The minimum Gasteiger partial charge on any atom is -0.504 e. The van der Waals surface area contributed by atoms with E-state index >= 15 is 0 Å². The minimum atomic E-state index is 0.157. The third kappa shape index (κ3) is 6.02. The van der Waals surface area contributed by atoms with Crippen molar-refractivity contribution in [3.8, 4) is 11.5 Å². The number of nitrogens with one attached hydrogen (secondary N) is 2. The number of ether oxygens (including phenoxy) is 1. The van der Waals surface area contributed by atoms with Gasteiger partial charge < -0.3 is 25.4 Å². The largest absolute Gasteiger partial charge is 0.504 e. The number of guanidine groups is 1. The molecule has 162 valence electrons. The molecule has 0 bridgehead atoms. The molecule has 1 aliphatic rings. The second-order valence-electron chi connectivity index (χ2n) is 7.47. The van der Waals surface area contributed by atoms with E-state index in [0.717, 1.165) is 55.5 Å². The van der Waals surface area contributed by atoms with Crippen molar-refractivity contribution in [2.24, 2.45) is 4.99 Å². The van der Waals surface area contributed by atoms with E-state index in [1.165, 1.54) is 0 Å². The number of anilines is 1. The third-order valence-corrected chi connectivity index (χ3v) is 5.12. The maximum Gasteiger partial charge on any atom is 0.191 e. The van der Waals surface area contributed by atoms with Crippen LogP contribution in [0.1, 0.15) is 37.9 Å². The number of benzene rings is 1. The standard InChI is InChI=1S/C23H33N5O2/c1-4-24-23(25-16-18-9-10-20(29)21(15-18)30-5-2)27-19-11-13-28(14-12-19)22-8-6-7-17(3)26-22/h6-10,15,19,29H,4-5,11-14,16H2,1-3H3,(H2,24,25,27). The van der Waals surface area contributed by atoms with Crippen LogP contribution < -0.4 is 20.3 Å². The van der Waals surface area contributed by atoms with Crippen LogP contribution in [0, 0.1) is 6.92 Å². The molecule has 1 aliphatic heterocycles. The summed E-state index contributed by atoms with van der Waals surface area (Å²) in [6.07, 6.45) is 2.07. The molecule has 1 aromatic heterocycles. The highest BCUT2D eigenvalue weighted by Gasteiger charge is 2.21. The zero-order valence-electron chi connectivity index (χ0n) is 18.2. The van der Waals surface area contributed by atoms with Crippen LogP contribution in [0.25, 0.3) is 0 Å². The highest BCUT2D eigenvalue weighted by Crippen LogP contribution is 2.27. The zero-order chi connectivity index (χ0) is 21.3. The van der Waals surface area contributed by atoms with E-state index < -0.39 is 0 Å². The first-order valence-electron chi connectivity index (χ1n) is 10.8. The molecule has 0 aliphatic carbocycles. The Labute approximate surface area is 179 Å². The average molecular weight is 412 g/mol. The van der Waals surface area contributed by atoms with Crippen molar-refractivity contribution in [2.75, 3.05) is 31.1 Å². The fraction of sp³-hybridized carbons (Fsp3) is 0.478. The van der Waals surface area contributed by atoms with Gasteiger partial charge in [-0.3, -0.25) is 0 Å². The van der Waals surface area contributed by atoms with Crippen LogP contribution in [0.4, 0.5) is 5.82 Å². The molecule has 1 aromatic carbocycles. The number of aliphatic imine (C=N–C) groups is 1. The van der Waals surface area contributed by atoms with Gasteiger partial charge in [-0.25, -0.2) is 9.98 Å². The van der Waals surface area contributed by atoms with Crippen molar-refractivity contribution in [2.45, 2.75) is 46.2 Å². The van der Waals surface area contributed by atoms with E-state index in [4.69, 9.17) is 9.73 Å². The van der Waals surface area contributed by atoms with Gasteiger partial charge >= 0.3 is 0 Å². The first-order valence-corrected chi connectivity index (χ1v) is 10.8. The number of hydrogen-bond acceptors (Lipinski definition) is 5. The summed E-state index contributed by atoms with van der Waals surface area (Å²) in [5.74, 6) is 2.53. The van der Waals surface area contributed by atoms with Gasteiger partial charge in [-0.2, -0.15) is 0 Å². The van der Waals surface area contributed by atoms with Gasteiger partial charge in [-0.1, -0.05) is 12.1 Å². The SMILES string of the molecule is CCNC(=NCc1ccc(O)c(OCC)c1)NC1CCN(c2cccc(C)n2)CC1. The summed E-state index contributed by atoms with van der Waals surface area (Å²) in [5, 5.41) is 16.8. The van der Waals surface area contributed by atoms with Gasteiger partial charge in [0.1, 0.15) is 5.82 Å². The highest BCUT2D eigenvalue weighted by atomic mass is 16.5. The molecule has 2 aromatic rings. The van der Waals surface area contributed by atoms with Crippen LogP contribution in [0.3, 0.4) is 0 Å². The predicted octanol–water partition coefficient (Wildman–Crippen LogP) is 3.22. The number of phenols is 1. The fourth-order valence-electron chi connectivity index (χ4n) is 3.57. The van der Waals surface area contributed by atoms with E-state index in [1.54, 1.807) is 6.07 Å². The normalized spacial score (nSPS) is 15.2. The first kappa shape index (κ1) is 21.7. The Balaban J connectivity index is 1.57. The van der Waals surface area contributed by atoms with Gasteiger partial charge in [0.25, 0.3) is 0 Å². The lowest BCUT2D eigenvalue weighted by Gasteiger charge is -2.34. The summed E-state index contributed by atoms with van der Waals surface area (Å²) in [6.45, 7) is 9.78. The Morgan fingerprint density at radius 1 is 1.23 bits per heavy atom. The quantitative estimate of drug-likeness (QED) is 0.479. The Morgan fingerprint density at radius 3 is 2.73 bits per heavy atom. The van der Waals surface area contributed by atoms with Crippen LogP contribution in [0.2, 0.25) is 0 Å². The molecule has 0 unspecified atom stereocenters. The number of aryl methyl sites for hydroxylation is 1. The highest BCUT2D eigenvalue weighted by molar-refractivity contribution is 5.80. The van der Waals surface area contributed by atoms with E-state index in [1.807, 2.05) is 32.0 Å². The Hall–Kier alpha value is -2.96. The van der Waals surface area contributed by atoms with Crippen molar-refractivity contribution in [3.63, 3.8) is 0 Å². The van der Waals surface area contributed by atoms with E-state index in [0.29, 0.717) is 24.9 Å². The topological polar surface area (TPSA) is 82.0 Å². The number of rotatable bonds is 7. The number of piperidine rings is 1. The van der Waals surface area contributed by atoms with E-state index in [9.17, 15) is 5.11 Å². The van der Waals surface area contributed by atoms with Gasteiger partial charge in [0.05, 0.1) is 13.2 Å². The molecule has 1 saturated heterocycles. The summed E-state index contributed by atoms with van der Waals surface area (Å²) in [4.78, 5) is 11.7. The molecule has 0 atom stereocenters. The van der Waals surface area contributed by atoms with Gasteiger partial charge in [-0.05, 0) is 63.4 Å². The van der Waals surface area contributed by atoms with Crippen LogP contribution in [-0.2, 0) is 6.54 Å². The van der Waals surface area contributed by atoms with E-state index in [2.05, 4.69) is 39.6 Å². The number of phenolic OH excluding ortho intramolecular Hbond substituents is 1. The number of pyridine rings is 1. The molecule has 7 nitrogen and oxygen atoms in total. The molecular formula is C23H33N5O2. The molecule has 3 N–H and O–H groups in total. The Morgan fingerprint density at radius 2 is 2.03 bits per heavy atom. The summed E-state index contributed by atoms with van der Waals surface area (Å²) in [7, 11) is 0. The molecule has 7 heteroatoms. The van der Waals surface area contributed by atoms with Gasteiger partial charge in [0.2, 0.25) is 0 Å². The maximum atomic E-state index is 9.87. The predicted molar refractivity (Wildman–Crippen MR) is 121 cm³/mol. The Kier molecular flexibility index (Phi) is 7.76. The molecule has 0 spiro atoms. The molecule has 30 heavy (non-hydrogen) atoms. The van der Waals surface area contributed by atoms with Gasteiger partial charge in [-0.15, -0.1) is 0 Å². The monoisotopic (exact) mass is 411 g/mol. The second-order valence-corrected chi connectivity index (χ2v) is 7.47. The van der Waals surface area contributed by atoms with Gasteiger partial charge in [0.15, 0.2) is 17.5 Å². The Bertz CT molecular complexity index is 847. The lowest BCUT2D eigenvalue weighted by molar-refractivity contribution is 0.318. The molecule has 2 heterocycles. The first-order chi connectivity index (χ1) is 14.6. The van der Waals surface area contributed by atoms with Crippen LogP contribution in [-0.4, -0.2) is 48.3 Å². The summed E-state index contributed by atoms with van der Waals surface area (Å²) < 4.78 is 5.47. The molecule has 1 fully saturated rings. The number of aromatic nitrogens is 1. The maximum absolute atomic E-state index is 9.87. The lowest BCUT2D eigenvalue weighted by atomic mass is 10.1. The van der Waals surface area contributed by atoms with Crippen molar-refractivity contribution in [1.29, 1.82) is 0 Å². The zero-order valence-corrected chi connectivity index (χ0v) is 18.2. The molecular weight excluding hydrogens is 378 g/mol. The number of hydrogen-bond donors (Lipinski definition) is 3. The van der Waals surface area contributed by atoms with Crippen molar-refractivity contribution in [3.05, 3.63) is 47.7 Å². The number of aromatic hydroxyl groups is 1. The summed E-state index contributed by atoms with van der Waals surface area (Å²) in [6, 6.07) is 11.9. The molecule has 0 radical (unpaired) electrons. The summed E-state index contributed by atoms with van der Waals surface area (Å²) >= 11 is 0. The van der Waals surface area contributed by atoms with E-state index in [-0.39, 0.29) is 5.75 Å². The molecule has 0 amide bonds. The van der Waals surface area contributed by atoms with Crippen molar-refractivity contribution < 1.29 is 9.84 Å². The minimum absolute atomic E-state index is 0.157. The molecule has 0 saturated carbocycles. The van der Waals surface area contributed by atoms with Crippen LogP contribution >= 0.6 is 0 Å². The van der Waals surface area contributed by atoms with Crippen LogP contribution in [0.5, 0.6) is 11.5 Å². The van der Waals surface area contributed by atoms with Gasteiger partial charge in [0, 0.05) is 31.4 Å². The van der Waals surface area contributed by atoms with Crippen molar-refractivity contribution in [1.82, 2.24) is 15.6 Å². The fourth-order valence-corrected chi connectivity index (χ4v) is 3.57. The van der Waals surface area contributed by atoms with Crippen LogP contribution in [0.15, 0.2) is 41.4 Å². The summed E-state index contributed by atoms with van der Waals surface area (Å²) in [5.41, 5.74) is 2.05. The smallest absolute Gasteiger partial charge is 0.191 e. The average Bonchev–Trinajstić information content (AvgIpc) is 2.75.